The van der Waals surface area contributed by atoms with Crippen molar-refractivity contribution in [3.05, 3.63) is 69.3 Å². The predicted molar refractivity (Wildman–Crippen MR) is 122 cm³/mol. The van der Waals surface area contributed by atoms with Gasteiger partial charge >= 0.3 is 0 Å². The van der Waals surface area contributed by atoms with Crippen LogP contribution in [0.15, 0.2) is 54.6 Å². The van der Waals surface area contributed by atoms with Crippen LogP contribution in [-0.2, 0) is 11.3 Å². The number of carbonyl (C=O) groups excluding carboxylic acids is 1. The fourth-order valence-electron chi connectivity index (χ4n) is 4.54. The Morgan fingerprint density at radius 3 is 2.39 bits per heavy atom. The molecule has 4 rings (SSSR count). The fourth-order valence-corrected chi connectivity index (χ4v) is 4.90. The number of hydrogen-bond acceptors (Lipinski definition) is 2. The van der Waals surface area contributed by atoms with Gasteiger partial charge in [-0.05, 0) is 84.1 Å². The van der Waals surface area contributed by atoms with E-state index < -0.39 is 0 Å². The largest absolute Gasteiger partial charge is 0.339 e. The van der Waals surface area contributed by atoms with E-state index in [-0.39, 0.29) is 5.91 Å². The lowest BCUT2D eigenvalue weighted by Gasteiger charge is -2.35. The maximum atomic E-state index is 12.3. The van der Waals surface area contributed by atoms with Crippen LogP contribution in [0.5, 0.6) is 0 Å². The molecule has 0 radical (unpaired) electrons. The van der Waals surface area contributed by atoms with Gasteiger partial charge in [0.15, 0.2) is 0 Å². The number of rotatable bonds is 6. The molecule has 0 bridgehead atoms. The van der Waals surface area contributed by atoms with Gasteiger partial charge in [-0.1, -0.05) is 42.5 Å². The van der Waals surface area contributed by atoms with Gasteiger partial charge in [-0.3, -0.25) is 9.69 Å². The van der Waals surface area contributed by atoms with E-state index >= 15 is 0 Å². The van der Waals surface area contributed by atoms with Crippen molar-refractivity contribution in [3.8, 4) is 0 Å². The number of amides is 1. The van der Waals surface area contributed by atoms with Crippen LogP contribution in [0, 0.1) is 9.49 Å². The van der Waals surface area contributed by atoms with Crippen molar-refractivity contribution >= 4 is 28.5 Å². The number of nitrogens with zero attached hydrogens (tertiary/aromatic N) is 2. The Kier molecular flexibility index (Phi) is 6.36. The molecule has 2 aromatic carbocycles. The Labute approximate surface area is 182 Å². The third-order valence-electron chi connectivity index (χ3n) is 6.27. The van der Waals surface area contributed by atoms with Crippen molar-refractivity contribution in [2.24, 2.45) is 5.92 Å². The van der Waals surface area contributed by atoms with Crippen molar-refractivity contribution < 1.29 is 4.79 Å². The Hall–Kier alpha value is -1.40. The van der Waals surface area contributed by atoms with E-state index in [1.54, 1.807) is 6.92 Å². The zero-order valence-electron chi connectivity index (χ0n) is 16.6. The molecule has 1 saturated carbocycles. The molecule has 2 fully saturated rings. The van der Waals surface area contributed by atoms with Gasteiger partial charge in [0, 0.05) is 35.5 Å². The van der Waals surface area contributed by atoms with E-state index in [4.69, 9.17) is 0 Å². The minimum absolute atomic E-state index is 0.240. The average Bonchev–Trinajstić information content (AvgIpc) is 3.49. The maximum Gasteiger partial charge on any atom is 0.219 e. The van der Waals surface area contributed by atoms with Crippen molar-refractivity contribution in [1.29, 1.82) is 0 Å². The third kappa shape index (κ3) is 4.95. The first-order valence-corrected chi connectivity index (χ1v) is 11.5. The van der Waals surface area contributed by atoms with Crippen LogP contribution in [-0.4, -0.2) is 41.4 Å². The SMILES string of the molecule is CC(=O)N(CC1CCN(Cc2ccccc2)CC1)[C@H]1C[C@@H]1c1ccc(I)cc1. The molecule has 1 heterocycles. The Balaban J connectivity index is 1.29. The summed E-state index contributed by atoms with van der Waals surface area (Å²) in [6.07, 6.45) is 3.50. The van der Waals surface area contributed by atoms with E-state index in [9.17, 15) is 4.79 Å². The minimum atomic E-state index is 0.240. The summed E-state index contributed by atoms with van der Waals surface area (Å²) in [7, 11) is 0. The van der Waals surface area contributed by atoms with Gasteiger partial charge in [-0.2, -0.15) is 0 Å². The molecule has 2 aromatic rings. The smallest absolute Gasteiger partial charge is 0.219 e. The molecule has 148 valence electrons. The molecule has 1 aliphatic heterocycles. The predicted octanol–water partition coefficient (Wildman–Crippen LogP) is 4.91. The molecule has 0 N–H and O–H groups in total. The average molecular weight is 488 g/mol. The minimum Gasteiger partial charge on any atom is -0.339 e. The zero-order valence-corrected chi connectivity index (χ0v) is 18.7. The van der Waals surface area contributed by atoms with Gasteiger partial charge in [-0.15, -0.1) is 0 Å². The highest BCUT2D eigenvalue weighted by atomic mass is 127. The molecule has 0 spiro atoms. The molecule has 2 aliphatic rings. The van der Waals surface area contributed by atoms with Crippen molar-refractivity contribution in [3.63, 3.8) is 0 Å². The Morgan fingerprint density at radius 1 is 1.07 bits per heavy atom. The van der Waals surface area contributed by atoms with Gasteiger partial charge in [0.2, 0.25) is 5.91 Å². The van der Waals surface area contributed by atoms with Gasteiger partial charge < -0.3 is 4.90 Å². The van der Waals surface area contributed by atoms with Crippen LogP contribution in [0.4, 0.5) is 0 Å². The highest BCUT2D eigenvalue weighted by molar-refractivity contribution is 14.1. The molecular weight excluding hydrogens is 459 g/mol. The van der Waals surface area contributed by atoms with Crippen LogP contribution in [0.2, 0.25) is 0 Å². The second-order valence-electron chi connectivity index (χ2n) is 8.34. The molecule has 1 amide bonds. The molecular formula is C24H29IN2O. The first-order chi connectivity index (χ1) is 13.6. The van der Waals surface area contributed by atoms with Gasteiger partial charge in [0.05, 0.1) is 0 Å². The van der Waals surface area contributed by atoms with E-state index in [0.29, 0.717) is 17.9 Å². The Morgan fingerprint density at radius 2 is 1.75 bits per heavy atom. The van der Waals surface area contributed by atoms with Crippen LogP contribution >= 0.6 is 22.6 Å². The quantitative estimate of drug-likeness (QED) is 0.540. The summed E-state index contributed by atoms with van der Waals surface area (Å²) in [5.74, 6) is 1.40. The lowest BCUT2D eigenvalue weighted by molar-refractivity contribution is -0.130. The topological polar surface area (TPSA) is 23.6 Å². The summed E-state index contributed by atoms with van der Waals surface area (Å²) >= 11 is 2.35. The second kappa shape index (κ2) is 8.95. The summed E-state index contributed by atoms with van der Waals surface area (Å²) in [5.41, 5.74) is 2.78. The summed E-state index contributed by atoms with van der Waals surface area (Å²) in [4.78, 5) is 17.1. The lowest BCUT2D eigenvalue weighted by Crippen LogP contribution is -2.41. The van der Waals surface area contributed by atoms with Gasteiger partial charge in [-0.25, -0.2) is 0 Å². The number of benzene rings is 2. The van der Waals surface area contributed by atoms with E-state index in [0.717, 1.165) is 32.6 Å². The van der Waals surface area contributed by atoms with Crippen LogP contribution < -0.4 is 0 Å². The highest BCUT2D eigenvalue weighted by Crippen LogP contribution is 2.45. The van der Waals surface area contributed by atoms with Crippen LogP contribution in [0.1, 0.15) is 43.2 Å². The van der Waals surface area contributed by atoms with E-state index in [2.05, 4.69) is 87.0 Å². The fraction of sp³-hybridized carbons (Fsp3) is 0.458. The number of halogens is 1. The second-order valence-corrected chi connectivity index (χ2v) is 9.58. The molecule has 0 unspecified atom stereocenters. The number of carbonyl (C=O) groups is 1. The lowest BCUT2D eigenvalue weighted by atomic mass is 9.95. The van der Waals surface area contributed by atoms with E-state index in [1.165, 1.54) is 27.5 Å². The summed E-state index contributed by atoms with van der Waals surface area (Å²) < 4.78 is 1.27. The van der Waals surface area contributed by atoms with Crippen molar-refractivity contribution in [1.82, 2.24) is 9.80 Å². The Bertz CT molecular complexity index is 784. The zero-order chi connectivity index (χ0) is 19.5. The third-order valence-corrected chi connectivity index (χ3v) is 6.99. The summed E-state index contributed by atoms with van der Waals surface area (Å²) in [6.45, 7) is 5.99. The van der Waals surface area contributed by atoms with Gasteiger partial charge in [0.1, 0.15) is 0 Å². The molecule has 3 nitrogen and oxygen atoms in total. The molecule has 1 saturated heterocycles. The van der Waals surface area contributed by atoms with Crippen molar-refractivity contribution in [2.75, 3.05) is 19.6 Å². The van der Waals surface area contributed by atoms with Crippen molar-refractivity contribution in [2.45, 2.75) is 44.7 Å². The van der Waals surface area contributed by atoms with Gasteiger partial charge in [0.25, 0.3) is 0 Å². The number of hydrogen-bond donors (Lipinski definition) is 0. The normalized spacial score (nSPS) is 22.8. The molecule has 28 heavy (non-hydrogen) atoms. The first-order valence-electron chi connectivity index (χ1n) is 10.4. The number of piperidine rings is 1. The van der Waals surface area contributed by atoms with E-state index in [1.807, 2.05) is 0 Å². The van der Waals surface area contributed by atoms with Crippen LogP contribution in [0.25, 0.3) is 0 Å². The van der Waals surface area contributed by atoms with Crippen LogP contribution in [0.3, 0.4) is 0 Å². The molecule has 0 aromatic heterocycles. The standard InChI is InChI=1S/C24H29IN2O/c1-18(28)27(24-15-23(24)21-7-9-22(25)10-8-21)17-20-11-13-26(14-12-20)16-19-5-3-2-4-6-19/h2-10,20,23-24H,11-17H2,1H3/t23-,24+/m1/s1. The molecule has 1 aliphatic carbocycles. The number of likely N-dealkylation sites (tertiary alicyclic amines) is 1. The maximum absolute atomic E-state index is 12.3. The summed E-state index contributed by atoms with van der Waals surface area (Å²) in [5, 5.41) is 0. The molecule has 2 atom stereocenters. The highest BCUT2D eigenvalue weighted by Gasteiger charge is 2.44. The molecule has 4 heteroatoms. The monoisotopic (exact) mass is 488 g/mol. The summed E-state index contributed by atoms with van der Waals surface area (Å²) in [6, 6.07) is 19.9. The first kappa shape index (κ1) is 19.9.